The number of carbonyl (C=O) groups excluding carboxylic acids is 1. The Morgan fingerprint density at radius 3 is 2.95 bits per heavy atom. The van der Waals surface area contributed by atoms with Gasteiger partial charge < -0.3 is 20.8 Å². The molecular weight excluding hydrogens is 260 g/mol. The average Bonchev–Trinajstić information content (AvgIpc) is 2.88. The van der Waals surface area contributed by atoms with Crippen molar-refractivity contribution in [2.45, 2.75) is 32.4 Å². The molecule has 1 aliphatic rings. The fourth-order valence-electron chi connectivity index (χ4n) is 1.98. The largest absolute Gasteiger partial charge is 0.374 e. The molecule has 0 saturated carbocycles. The van der Waals surface area contributed by atoms with Crippen LogP contribution in [0.15, 0.2) is 6.07 Å². The van der Waals surface area contributed by atoms with Crippen LogP contribution in [0.25, 0.3) is 0 Å². The van der Waals surface area contributed by atoms with Crippen LogP contribution in [0.5, 0.6) is 0 Å². The van der Waals surface area contributed by atoms with Gasteiger partial charge in [0.25, 0.3) is 0 Å². The van der Waals surface area contributed by atoms with Crippen LogP contribution in [-0.4, -0.2) is 35.1 Å². The molecule has 1 aliphatic heterocycles. The van der Waals surface area contributed by atoms with E-state index < -0.39 is 0 Å². The molecule has 1 saturated heterocycles. The van der Waals surface area contributed by atoms with Gasteiger partial charge in [0, 0.05) is 31.7 Å². The highest BCUT2D eigenvalue weighted by Crippen LogP contribution is 2.13. The first-order valence-corrected chi connectivity index (χ1v) is 6.66. The van der Waals surface area contributed by atoms with E-state index in [4.69, 9.17) is 10.6 Å². The maximum Gasteiger partial charge on any atom is 0.220 e. The third-order valence-electron chi connectivity index (χ3n) is 2.97. The summed E-state index contributed by atoms with van der Waals surface area (Å²) in [4.78, 5) is 19.7. The molecule has 0 aromatic carbocycles. The second-order valence-corrected chi connectivity index (χ2v) is 4.52. The lowest BCUT2D eigenvalue weighted by Gasteiger charge is -2.13. The molecule has 0 spiro atoms. The predicted molar refractivity (Wildman–Crippen MR) is 74.8 cm³/mol. The van der Waals surface area contributed by atoms with Gasteiger partial charge in [0.15, 0.2) is 5.82 Å². The number of ether oxygens (including phenoxy) is 1. The molecule has 2 heterocycles. The molecule has 8 nitrogen and oxygen atoms in total. The van der Waals surface area contributed by atoms with Crippen LogP contribution in [0, 0.1) is 0 Å². The Balaban J connectivity index is 1.96. The van der Waals surface area contributed by atoms with Gasteiger partial charge in [-0.15, -0.1) is 0 Å². The number of hydrogen-bond acceptors (Lipinski definition) is 7. The van der Waals surface area contributed by atoms with Crippen molar-refractivity contribution in [2.24, 2.45) is 5.84 Å². The van der Waals surface area contributed by atoms with Gasteiger partial charge in [-0.05, 0) is 13.3 Å². The summed E-state index contributed by atoms with van der Waals surface area (Å²) in [5.41, 5.74) is 2.50. The Morgan fingerprint density at radius 1 is 1.50 bits per heavy atom. The number of nitrogen functional groups attached to an aromatic ring is 1. The van der Waals surface area contributed by atoms with Gasteiger partial charge >= 0.3 is 0 Å². The number of nitrogens with one attached hydrogen (secondary N) is 3. The van der Waals surface area contributed by atoms with E-state index in [1.54, 1.807) is 6.07 Å². The van der Waals surface area contributed by atoms with E-state index in [9.17, 15) is 4.79 Å². The van der Waals surface area contributed by atoms with Crippen LogP contribution in [0.2, 0.25) is 0 Å². The van der Waals surface area contributed by atoms with E-state index in [0.717, 1.165) is 6.42 Å². The zero-order chi connectivity index (χ0) is 14.4. The Hall–Kier alpha value is -1.93. The van der Waals surface area contributed by atoms with E-state index >= 15 is 0 Å². The standard InChI is InChI=1S/C12H20N6O2/c1-2-20-7-11-16-9(5-10(17-11)18-13)14-6-8-3-4-12(19)15-8/h5,8H,2-4,6-7,13H2,1H3,(H,15,19)(H2,14,16,17,18). The fraction of sp³-hybridized carbons (Fsp3) is 0.583. The molecule has 1 aromatic rings. The Morgan fingerprint density at radius 2 is 2.30 bits per heavy atom. The first-order valence-electron chi connectivity index (χ1n) is 6.66. The number of nitrogens with two attached hydrogens (primary N) is 1. The highest BCUT2D eigenvalue weighted by Gasteiger charge is 2.20. The number of hydrogen-bond donors (Lipinski definition) is 4. The molecule has 1 unspecified atom stereocenters. The minimum Gasteiger partial charge on any atom is -0.374 e. The Labute approximate surface area is 117 Å². The third-order valence-corrected chi connectivity index (χ3v) is 2.97. The number of carbonyl (C=O) groups is 1. The molecule has 1 fully saturated rings. The molecule has 110 valence electrons. The first kappa shape index (κ1) is 14.5. The highest BCUT2D eigenvalue weighted by molar-refractivity contribution is 5.78. The van der Waals surface area contributed by atoms with Gasteiger partial charge in [0.2, 0.25) is 5.91 Å². The smallest absolute Gasteiger partial charge is 0.220 e. The van der Waals surface area contributed by atoms with Crippen molar-refractivity contribution >= 4 is 17.5 Å². The zero-order valence-corrected chi connectivity index (χ0v) is 11.5. The molecule has 20 heavy (non-hydrogen) atoms. The summed E-state index contributed by atoms with van der Waals surface area (Å²) < 4.78 is 5.29. The molecule has 1 aromatic heterocycles. The van der Waals surface area contributed by atoms with Gasteiger partial charge in [0.1, 0.15) is 18.2 Å². The lowest BCUT2D eigenvalue weighted by atomic mass is 10.2. The first-order chi connectivity index (χ1) is 9.71. The molecule has 2 rings (SSSR count). The van der Waals surface area contributed by atoms with Crippen LogP contribution in [0.1, 0.15) is 25.6 Å². The Kier molecular flexibility index (Phi) is 5.08. The van der Waals surface area contributed by atoms with Crippen molar-refractivity contribution in [3.8, 4) is 0 Å². The van der Waals surface area contributed by atoms with Crippen molar-refractivity contribution < 1.29 is 9.53 Å². The summed E-state index contributed by atoms with van der Waals surface area (Å²) in [7, 11) is 0. The highest BCUT2D eigenvalue weighted by atomic mass is 16.5. The Bertz CT molecular complexity index is 467. The summed E-state index contributed by atoms with van der Waals surface area (Å²) in [6, 6.07) is 1.86. The lowest BCUT2D eigenvalue weighted by Crippen LogP contribution is -2.32. The van der Waals surface area contributed by atoms with Crippen molar-refractivity contribution in [1.82, 2.24) is 15.3 Å². The number of amides is 1. The van der Waals surface area contributed by atoms with E-state index in [-0.39, 0.29) is 11.9 Å². The third kappa shape index (κ3) is 4.04. The molecule has 0 bridgehead atoms. The summed E-state index contributed by atoms with van der Waals surface area (Å²) >= 11 is 0. The minimum atomic E-state index is 0.0980. The van der Waals surface area contributed by atoms with Crippen LogP contribution < -0.4 is 21.9 Å². The maximum atomic E-state index is 11.1. The maximum absolute atomic E-state index is 11.1. The average molecular weight is 280 g/mol. The second kappa shape index (κ2) is 7.01. The quantitative estimate of drug-likeness (QED) is 0.410. The van der Waals surface area contributed by atoms with Crippen molar-refractivity contribution in [3.05, 3.63) is 11.9 Å². The van der Waals surface area contributed by atoms with E-state index in [1.807, 2.05) is 6.92 Å². The molecular formula is C12H20N6O2. The number of aromatic nitrogens is 2. The summed E-state index contributed by atoms with van der Waals surface area (Å²) in [5.74, 6) is 7.22. The molecule has 0 radical (unpaired) electrons. The molecule has 1 atom stereocenters. The van der Waals surface area contributed by atoms with Gasteiger partial charge in [0.05, 0.1) is 0 Å². The number of hydrazine groups is 1. The molecule has 8 heteroatoms. The molecule has 1 amide bonds. The molecule has 5 N–H and O–H groups in total. The normalized spacial score (nSPS) is 17.9. The topological polar surface area (TPSA) is 114 Å². The molecule has 0 aliphatic carbocycles. The van der Waals surface area contributed by atoms with Gasteiger partial charge in [-0.3, -0.25) is 4.79 Å². The van der Waals surface area contributed by atoms with Crippen molar-refractivity contribution in [3.63, 3.8) is 0 Å². The summed E-state index contributed by atoms with van der Waals surface area (Å²) in [6.07, 6.45) is 1.42. The SMILES string of the molecule is CCOCc1nc(NN)cc(NCC2CCC(=O)N2)n1. The van der Waals surface area contributed by atoms with Crippen LogP contribution in [-0.2, 0) is 16.1 Å². The van der Waals surface area contributed by atoms with Crippen LogP contribution >= 0.6 is 0 Å². The van der Waals surface area contributed by atoms with E-state index in [2.05, 4.69) is 26.0 Å². The predicted octanol–water partition coefficient (Wildman–Crippen LogP) is -0.0108. The van der Waals surface area contributed by atoms with Crippen molar-refractivity contribution in [1.29, 1.82) is 0 Å². The minimum absolute atomic E-state index is 0.0980. The number of anilines is 2. The monoisotopic (exact) mass is 280 g/mol. The lowest BCUT2D eigenvalue weighted by molar-refractivity contribution is -0.119. The number of nitrogens with zero attached hydrogens (tertiary/aromatic N) is 2. The summed E-state index contributed by atoms with van der Waals surface area (Å²) in [6.45, 7) is 3.47. The summed E-state index contributed by atoms with van der Waals surface area (Å²) in [5, 5.41) is 6.07. The van der Waals surface area contributed by atoms with E-state index in [1.165, 1.54) is 0 Å². The van der Waals surface area contributed by atoms with Gasteiger partial charge in [-0.25, -0.2) is 15.8 Å². The van der Waals surface area contributed by atoms with Crippen molar-refractivity contribution in [2.75, 3.05) is 23.9 Å². The van der Waals surface area contributed by atoms with E-state index in [0.29, 0.717) is 43.6 Å². The van der Waals surface area contributed by atoms with Crippen LogP contribution in [0.3, 0.4) is 0 Å². The fourth-order valence-corrected chi connectivity index (χ4v) is 1.98. The second-order valence-electron chi connectivity index (χ2n) is 4.52. The van der Waals surface area contributed by atoms with Gasteiger partial charge in [-0.1, -0.05) is 0 Å². The zero-order valence-electron chi connectivity index (χ0n) is 11.5. The van der Waals surface area contributed by atoms with Crippen LogP contribution in [0.4, 0.5) is 11.6 Å². The number of rotatable bonds is 7. The van der Waals surface area contributed by atoms with Gasteiger partial charge in [-0.2, -0.15) is 0 Å².